The number of morpholine rings is 1. The number of primary amides is 1. The van der Waals surface area contributed by atoms with Crippen LogP contribution in [0.25, 0.3) is 16.7 Å². The minimum atomic E-state index is -0.635. The highest BCUT2D eigenvalue weighted by Gasteiger charge is 2.16. The van der Waals surface area contributed by atoms with Crippen LogP contribution in [0.3, 0.4) is 0 Å². The zero-order valence-corrected chi connectivity index (χ0v) is 16.4. The van der Waals surface area contributed by atoms with Crippen LogP contribution < -0.4 is 16.6 Å². The van der Waals surface area contributed by atoms with Crippen LogP contribution in [-0.2, 0) is 4.74 Å². The molecule has 1 fully saturated rings. The maximum absolute atomic E-state index is 12.9. The summed E-state index contributed by atoms with van der Waals surface area (Å²) in [5, 5.41) is 3.45. The van der Waals surface area contributed by atoms with E-state index in [-0.39, 0.29) is 16.5 Å². The Hall–Kier alpha value is -3.04. The first-order valence-corrected chi connectivity index (χ1v) is 9.70. The number of nitrogens with zero attached hydrogens (tertiary/aromatic N) is 4. The van der Waals surface area contributed by atoms with Crippen LogP contribution in [-0.4, -0.2) is 64.6 Å². The third kappa shape index (κ3) is 4.06. The Kier molecular flexibility index (Phi) is 5.41. The molecule has 3 aromatic rings. The summed E-state index contributed by atoms with van der Waals surface area (Å²) in [4.78, 5) is 36.1. The zero-order valence-electron chi connectivity index (χ0n) is 16.4. The van der Waals surface area contributed by atoms with E-state index in [4.69, 9.17) is 10.5 Å². The Labute approximate surface area is 167 Å². The van der Waals surface area contributed by atoms with Crippen molar-refractivity contribution in [3.8, 4) is 0 Å². The standard InChI is InChI=1S/C20H24N6O3/c1-13-3-4-16-23-19-15(20(28)26(16)12-13)11-14(17(21)27)18(24-19)22-5-2-6-25-7-9-29-10-8-25/h3-4,11-12H,2,5-10H2,1H3,(H2,21,27)(H,22,24). The summed E-state index contributed by atoms with van der Waals surface area (Å²) in [5.74, 6) is -0.279. The second kappa shape index (κ2) is 8.14. The van der Waals surface area contributed by atoms with Gasteiger partial charge >= 0.3 is 0 Å². The summed E-state index contributed by atoms with van der Waals surface area (Å²) in [7, 11) is 0. The second-order valence-electron chi connectivity index (χ2n) is 7.21. The van der Waals surface area contributed by atoms with Gasteiger partial charge in [-0.1, -0.05) is 6.07 Å². The fraction of sp³-hybridized carbons (Fsp3) is 0.400. The van der Waals surface area contributed by atoms with Crippen LogP contribution in [0.2, 0.25) is 0 Å². The number of carbonyl (C=O) groups excluding carboxylic acids is 1. The molecule has 0 atom stereocenters. The van der Waals surface area contributed by atoms with E-state index in [0.29, 0.717) is 23.7 Å². The average Bonchev–Trinajstić information content (AvgIpc) is 2.72. The Morgan fingerprint density at radius 1 is 1.28 bits per heavy atom. The number of fused-ring (bicyclic) bond motifs is 2. The average molecular weight is 396 g/mol. The lowest BCUT2D eigenvalue weighted by atomic mass is 10.2. The van der Waals surface area contributed by atoms with Gasteiger partial charge in [0.05, 0.1) is 24.2 Å². The molecule has 4 rings (SSSR count). The molecule has 4 heterocycles. The van der Waals surface area contributed by atoms with Crippen molar-refractivity contribution >= 4 is 28.4 Å². The molecule has 1 amide bonds. The first-order chi connectivity index (χ1) is 14.0. The van der Waals surface area contributed by atoms with Gasteiger partial charge in [-0.3, -0.25) is 18.9 Å². The lowest BCUT2D eigenvalue weighted by Gasteiger charge is -2.26. The van der Waals surface area contributed by atoms with Crippen molar-refractivity contribution in [1.29, 1.82) is 0 Å². The predicted octanol–water partition coefficient (Wildman–Crippen LogP) is 0.784. The summed E-state index contributed by atoms with van der Waals surface area (Å²) in [6, 6.07) is 5.14. The van der Waals surface area contributed by atoms with Crippen LogP contribution in [0.1, 0.15) is 22.3 Å². The van der Waals surface area contributed by atoms with E-state index in [2.05, 4.69) is 20.2 Å². The molecule has 1 aliphatic heterocycles. The van der Waals surface area contributed by atoms with Gasteiger partial charge in [0.25, 0.3) is 11.5 Å². The molecule has 0 saturated carbocycles. The van der Waals surface area contributed by atoms with Crippen LogP contribution in [0.4, 0.5) is 5.82 Å². The van der Waals surface area contributed by atoms with Crippen LogP contribution >= 0.6 is 0 Å². The maximum Gasteiger partial charge on any atom is 0.267 e. The first-order valence-electron chi connectivity index (χ1n) is 9.70. The van der Waals surface area contributed by atoms with Gasteiger partial charge in [-0.25, -0.2) is 9.97 Å². The topological polar surface area (TPSA) is 115 Å². The molecule has 0 unspecified atom stereocenters. The second-order valence-corrected chi connectivity index (χ2v) is 7.21. The van der Waals surface area contributed by atoms with Crippen molar-refractivity contribution in [3.63, 3.8) is 0 Å². The number of nitrogens with one attached hydrogen (secondary N) is 1. The van der Waals surface area contributed by atoms with E-state index < -0.39 is 5.91 Å². The summed E-state index contributed by atoms with van der Waals surface area (Å²) < 4.78 is 6.81. The Morgan fingerprint density at radius 2 is 2.07 bits per heavy atom. The number of nitrogens with two attached hydrogens (primary N) is 1. The zero-order chi connectivity index (χ0) is 20.4. The molecule has 0 radical (unpaired) electrons. The van der Waals surface area contributed by atoms with E-state index in [1.54, 1.807) is 12.3 Å². The van der Waals surface area contributed by atoms with Crippen molar-refractivity contribution < 1.29 is 9.53 Å². The van der Waals surface area contributed by atoms with Crippen molar-refractivity contribution in [2.24, 2.45) is 5.73 Å². The molecule has 9 nitrogen and oxygen atoms in total. The highest BCUT2D eigenvalue weighted by atomic mass is 16.5. The summed E-state index contributed by atoms with van der Waals surface area (Å²) >= 11 is 0. The Morgan fingerprint density at radius 3 is 2.83 bits per heavy atom. The van der Waals surface area contributed by atoms with Gasteiger partial charge in [0.2, 0.25) is 0 Å². The molecule has 0 spiro atoms. The van der Waals surface area contributed by atoms with E-state index >= 15 is 0 Å². The van der Waals surface area contributed by atoms with Gasteiger partial charge < -0.3 is 15.8 Å². The lowest BCUT2D eigenvalue weighted by Crippen LogP contribution is -2.37. The molecule has 3 aromatic heterocycles. The third-order valence-electron chi connectivity index (χ3n) is 5.06. The lowest BCUT2D eigenvalue weighted by molar-refractivity contribution is 0.0378. The largest absolute Gasteiger partial charge is 0.379 e. The molecule has 0 bridgehead atoms. The van der Waals surface area contributed by atoms with Gasteiger partial charge in [-0.2, -0.15) is 0 Å². The quantitative estimate of drug-likeness (QED) is 0.467. The molecular weight excluding hydrogens is 372 g/mol. The van der Waals surface area contributed by atoms with Crippen molar-refractivity contribution in [1.82, 2.24) is 19.3 Å². The highest BCUT2D eigenvalue weighted by molar-refractivity contribution is 6.00. The number of pyridine rings is 2. The fourth-order valence-corrected chi connectivity index (χ4v) is 3.49. The molecule has 152 valence electrons. The minimum Gasteiger partial charge on any atom is -0.379 e. The molecular formula is C20H24N6O3. The van der Waals surface area contributed by atoms with Gasteiger partial charge in [0, 0.05) is 25.8 Å². The van der Waals surface area contributed by atoms with Gasteiger partial charge in [0.15, 0.2) is 5.65 Å². The number of aryl methyl sites for hydroxylation is 1. The number of carbonyl (C=O) groups is 1. The number of rotatable bonds is 6. The number of amides is 1. The van der Waals surface area contributed by atoms with Crippen molar-refractivity contribution in [2.45, 2.75) is 13.3 Å². The van der Waals surface area contributed by atoms with Crippen LogP contribution in [0.5, 0.6) is 0 Å². The number of hydrogen-bond acceptors (Lipinski definition) is 7. The van der Waals surface area contributed by atoms with Gasteiger partial charge in [-0.05, 0) is 37.6 Å². The maximum atomic E-state index is 12.9. The molecule has 3 N–H and O–H groups in total. The predicted molar refractivity (Wildman–Crippen MR) is 110 cm³/mol. The van der Waals surface area contributed by atoms with E-state index in [0.717, 1.165) is 44.8 Å². The Bertz CT molecular complexity index is 1120. The normalized spacial score (nSPS) is 15.1. The highest BCUT2D eigenvalue weighted by Crippen LogP contribution is 2.18. The minimum absolute atomic E-state index is 0.190. The number of ether oxygens (including phenoxy) is 1. The van der Waals surface area contributed by atoms with E-state index in [9.17, 15) is 9.59 Å². The summed E-state index contributed by atoms with van der Waals surface area (Å²) in [6.07, 6.45) is 2.59. The smallest absolute Gasteiger partial charge is 0.267 e. The fourth-order valence-electron chi connectivity index (χ4n) is 3.49. The van der Waals surface area contributed by atoms with Gasteiger partial charge in [-0.15, -0.1) is 0 Å². The SMILES string of the molecule is Cc1ccc2nc3nc(NCCCN4CCOCC4)c(C(N)=O)cc3c(=O)n2c1. The number of aromatic nitrogens is 3. The van der Waals surface area contributed by atoms with Crippen LogP contribution in [0.15, 0.2) is 29.2 Å². The van der Waals surface area contributed by atoms with Crippen molar-refractivity contribution in [3.05, 3.63) is 45.9 Å². The Balaban J connectivity index is 1.61. The molecule has 9 heteroatoms. The monoisotopic (exact) mass is 396 g/mol. The third-order valence-corrected chi connectivity index (χ3v) is 5.06. The molecule has 1 saturated heterocycles. The molecule has 29 heavy (non-hydrogen) atoms. The molecule has 0 aromatic carbocycles. The molecule has 1 aliphatic rings. The summed E-state index contributed by atoms with van der Waals surface area (Å²) in [5.41, 5.74) is 7.19. The van der Waals surface area contributed by atoms with Crippen LogP contribution in [0, 0.1) is 6.92 Å². The molecule has 0 aliphatic carbocycles. The summed E-state index contributed by atoms with van der Waals surface area (Å²) in [6.45, 7) is 6.84. The van der Waals surface area contributed by atoms with E-state index in [1.807, 2.05) is 13.0 Å². The van der Waals surface area contributed by atoms with Crippen molar-refractivity contribution in [2.75, 3.05) is 44.7 Å². The van der Waals surface area contributed by atoms with E-state index in [1.165, 1.54) is 10.5 Å². The first kappa shape index (κ1) is 19.3. The van der Waals surface area contributed by atoms with Gasteiger partial charge in [0.1, 0.15) is 11.5 Å². The number of anilines is 1. The number of hydrogen-bond donors (Lipinski definition) is 2.